The van der Waals surface area contributed by atoms with Gasteiger partial charge in [-0.15, -0.1) is 0 Å². The number of hydrogen-bond acceptors (Lipinski definition) is 3. The van der Waals surface area contributed by atoms with E-state index in [1.54, 1.807) is 7.05 Å². The second kappa shape index (κ2) is 6.79. The molecule has 82 valence electrons. The summed E-state index contributed by atoms with van der Waals surface area (Å²) in [5.41, 5.74) is 0. The molecule has 1 rings (SSSR count). The molecule has 0 radical (unpaired) electrons. The maximum Gasteiger partial charge on any atom is 0.221 e. The molecule has 4 nitrogen and oxygen atoms in total. The van der Waals surface area contributed by atoms with Gasteiger partial charge in [-0.25, -0.2) is 0 Å². The van der Waals surface area contributed by atoms with E-state index in [0.717, 1.165) is 39.0 Å². The lowest BCUT2D eigenvalue weighted by atomic mass is 10.1. The second-order valence-corrected chi connectivity index (χ2v) is 3.62. The minimum absolute atomic E-state index is 0.0994. The molecule has 0 saturated carbocycles. The standard InChI is InChI=1S/C10H20N2O2/c1-11-10(13)4-6-12-9-3-2-7-14-8-5-9/h9,12H,2-8H2,1H3,(H,11,13). The van der Waals surface area contributed by atoms with Gasteiger partial charge in [0.1, 0.15) is 0 Å². The summed E-state index contributed by atoms with van der Waals surface area (Å²) in [6, 6.07) is 0.530. The summed E-state index contributed by atoms with van der Waals surface area (Å²) in [6.45, 7) is 2.50. The minimum atomic E-state index is 0.0994. The van der Waals surface area contributed by atoms with Gasteiger partial charge in [-0.3, -0.25) is 4.79 Å². The first-order chi connectivity index (χ1) is 6.83. The first-order valence-electron chi connectivity index (χ1n) is 5.34. The lowest BCUT2D eigenvalue weighted by molar-refractivity contribution is -0.120. The lowest BCUT2D eigenvalue weighted by Crippen LogP contribution is -2.32. The molecule has 1 heterocycles. The van der Waals surface area contributed by atoms with E-state index in [1.807, 2.05) is 0 Å². The zero-order valence-corrected chi connectivity index (χ0v) is 8.84. The fraction of sp³-hybridized carbons (Fsp3) is 0.900. The fourth-order valence-electron chi connectivity index (χ4n) is 1.62. The number of ether oxygens (including phenoxy) is 1. The van der Waals surface area contributed by atoms with Gasteiger partial charge in [-0.2, -0.15) is 0 Å². The van der Waals surface area contributed by atoms with Gasteiger partial charge in [0.25, 0.3) is 0 Å². The Morgan fingerprint density at radius 1 is 1.43 bits per heavy atom. The van der Waals surface area contributed by atoms with Crippen LogP contribution in [0.4, 0.5) is 0 Å². The Morgan fingerprint density at radius 2 is 2.29 bits per heavy atom. The topological polar surface area (TPSA) is 50.4 Å². The third-order valence-electron chi connectivity index (χ3n) is 2.52. The maximum atomic E-state index is 10.9. The van der Waals surface area contributed by atoms with Crippen LogP contribution >= 0.6 is 0 Å². The van der Waals surface area contributed by atoms with E-state index >= 15 is 0 Å². The molecule has 0 aromatic carbocycles. The predicted octanol–water partition coefficient (Wildman–Crippen LogP) is 0.281. The van der Waals surface area contributed by atoms with Crippen molar-refractivity contribution in [2.45, 2.75) is 31.7 Å². The molecule has 1 atom stereocenters. The molecule has 4 heteroatoms. The van der Waals surface area contributed by atoms with E-state index < -0.39 is 0 Å². The van der Waals surface area contributed by atoms with Crippen LogP contribution in [-0.4, -0.2) is 38.8 Å². The monoisotopic (exact) mass is 200 g/mol. The summed E-state index contributed by atoms with van der Waals surface area (Å²) >= 11 is 0. The highest BCUT2D eigenvalue weighted by Gasteiger charge is 2.11. The number of carbonyl (C=O) groups excluding carboxylic acids is 1. The molecule has 1 fully saturated rings. The maximum absolute atomic E-state index is 10.9. The molecule has 0 aromatic rings. The Balaban J connectivity index is 2.07. The highest BCUT2D eigenvalue weighted by atomic mass is 16.5. The number of carbonyl (C=O) groups is 1. The number of rotatable bonds is 4. The molecule has 1 aliphatic rings. The molecular formula is C10H20N2O2. The third kappa shape index (κ3) is 4.58. The molecular weight excluding hydrogens is 180 g/mol. The van der Waals surface area contributed by atoms with Crippen LogP contribution in [-0.2, 0) is 9.53 Å². The molecule has 1 amide bonds. The largest absolute Gasteiger partial charge is 0.381 e. The van der Waals surface area contributed by atoms with Crippen molar-refractivity contribution in [3.8, 4) is 0 Å². The first kappa shape index (κ1) is 11.5. The van der Waals surface area contributed by atoms with Crippen LogP contribution in [0.5, 0.6) is 0 Å². The molecule has 14 heavy (non-hydrogen) atoms. The van der Waals surface area contributed by atoms with Crippen molar-refractivity contribution in [2.24, 2.45) is 0 Å². The quantitative estimate of drug-likeness (QED) is 0.685. The minimum Gasteiger partial charge on any atom is -0.381 e. The zero-order valence-electron chi connectivity index (χ0n) is 8.84. The molecule has 2 N–H and O–H groups in total. The lowest BCUT2D eigenvalue weighted by Gasteiger charge is -2.14. The van der Waals surface area contributed by atoms with Gasteiger partial charge in [-0.05, 0) is 19.3 Å². The number of hydrogen-bond donors (Lipinski definition) is 2. The summed E-state index contributed by atoms with van der Waals surface area (Å²) in [4.78, 5) is 10.9. The highest BCUT2D eigenvalue weighted by Crippen LogP contribution is 2.07. The number of amides is 1. The molecule has 0 aromatic heterocycles. The van der Waals surface area contributed by atoms with Crippen molar-refractivity contribution in [1.82, 2.24) is 10.6 Å². The van der Waals surface area contributed by atoms with Gasteiger partial charge in [-0.1, -0.05) is 0 Å². The van der Waals surface area contributed by atoms with Crippen LogP contribution < -0.4 is 10.6 Å². The summed E-state index contributed by atoms with van der Waals surface area (Å²) in [5, 5.41) is 6.00. The van der Waals surface area contributed by atoms with E-state index in [1.165, 1.54) is 0 Å². The van der Waals surface area contributed by atoms with Gasteiger partial charge in [0, 0.05) is 39.3 Å². The van der Waals surface area contributed by atoms with Crippen molar-refractivity contribution in [2.75, 3.05) is 26.8 Å². The van der Waals surface area contributed by atoms with Crippen molar-refractivity contribution < 1.29 is 9.53 Å². The van der Waals surface area contributed by atoms with Crippen LogP contribution in [0.3, 0.4) is 0 Å². The van der Waals surface area contributed by atoms with Gasteiger partial charge in [0.2, 0.25) is 5.91 Å². The Morgan fingerprint density at radius 3 is 3.07 bits per heavy atom. The average molecular weight is 200 g/mol. The summed E-state index contributed by atoms with van der Waals surface area (Å²) < 4.78 is 5.35. The normalized spacial score (nSPS) is 22.8. The molecule has 0 spiro atoms. The highest BCUT2D eigenvalue weighted by molar-refractivity contribution is 5.75. The van der Waals surface area contributed by atoms with Crippen LogP contribution in [0.15, 0.2) is 0 Å². The van der Waals surface area contributed by atoms with E-state index in [9.17, 15) is 4.79 Å². The van der Waals surface area contributed by atoms with Gasteiger partial charge in [0.05, 0.1) is 0 Å². The molecule has 0 aliphatic carbocycles. The SMILES string of the molecule is CNC(=O)CCNC1CCCOCC1. The molecule has 1 saturated heterocycles. The van der Waals surface area contributed by atoms with Crippen LogP contribution in [0, 0.1) is 0 Å². The summed E-state index contributed by atoms with van der Waals surface area (Å²) in [7, 11) is 1.67. The summed E-state index contributed by atoms with van der Waals surface area (Å²) in [6.07, 6.45) is 3.91. The third-order valence-corrected chi connectivity index (χ3v) is 2.52. The Kier molecular flexibility index (Phi) is 5.56. The predicted molar refractivity (Wildman–Crippen MR) is 55.1 cm³/mol. The van der Waals surface area contributed by atoms with Crippen molar-refractivity contribution in [3.63, 3.8) is 0 Å². The van der Waals surface area contributed by atoms with Crippen molar-refractivity contribution in [1.29, 1.82) is 0 Å². The number of nitrogens with one attached hydrogen (secondary N) is 2. The smallest absolute Gasteiger partial charge is 0.221 e. The van der Waals surface area contributed by atoms with E-state index in [-0.39, 0.29) is 5.91 Å². The van der Waals surface area contributed by atoms with Crippen LogP contribution in [0.25, 0.3) is 0 Å². The van der Waals surface area contributed by atoms with Gasteiger partial charge in [0.15, 0.2) is 0 Å². The average Bonchev–Trinajstić information content (AvgIpc) is 2.46. The van der Waals surface area contributed by atoms with Crippen LogP contribution in [0.1, 0.15) is 25.7 Å². The fourth-order valence-corrected chi connectivity index (χ4v) is 1.62. The van der Waals surface area contributed by atoms with Gasteiger partial charge >= 0.3 is 0 Å². The molecule has 1 unspecified atom stereocenters. The van der Waals surface area contributed by atoms with Crippen molar-refractivity contribution >= 4 is 5.91 Å². The second-order valence-electron chi connectivity index (χ2n) is 3.62. The van der Waals surface area contributed by atoms with E-state index in [2.05, 4.69) is 10.6 Å². The van der Waals surface area contributed by atoms with E-state index in [4.69, 9.17) is 4.74 Å². The van der Waals surface area contributed by atoms with E-state index in [0.29, 0.717) is 12.5 Å². The Hall–Kier alpha value is -0.610. The van der Waals surface area contributed by atoms with Gasteiger partial charge < -0.3 is 15.4 Å². The Labute approximate surface area is 85.4 Å². The Bertz CT molecular complexity index is 166. The summed E-state index contributed by atoms with van der Waals surface area (Å²) in [5.74, 6) is 0.0994. The molecule has 0 bridgehead atoms. The zero-order chi connectivity index (χ0) is 10.2. The van der Waals surface area contributed by atoms with Crippen molar-refractivity contribution in [3.05, 3.63) is 0 Å². The molecule has 1 aliphatic heterocycles. The first-order valence-corrected chi connectivity index (χ1v) is 5.34. The van der Waals surface area contributed by atoms with Crippen LogP contribution in [0.2, 0.25) is 0 Å².